The van der Waals surface area contributed by atoms with Crippen molar-refractivity contribution in [3.05, 3.63) is 54.5 Å². The average molecular weight is 352 g/mol. The van der Waals surface area contributed by atoms with Crippen molar-refractivity contribution in [2.45, 2.75) is 12.7 Å². The molecule has 0 radical (unpaired) electrons. The number of ether oxygens (including phenoxy) is 2. The Morgan fingerprint density at radius 3 is 2.77 bits per heavy atom. The number of fused-ring (bicyclic) bond motifs is 1. The number of benzene rings is 1. The van der Waals surface area contributed by atoms with Crippen LogP contribution < -0.4 is 0 Å². The van der Waals surface area contributed by atoms with Gasteiger partial charge in [-0.25, -0.2) is 9.97 Å². The Labute approximate surface area is 151 Å². The number of hydrogen-bond donors (Lipinski definition) is 0. The molecule has 7 nitrogen and oxygen atoms in total. The van der Waals surface area contributed by atoms with E-state index in [1.165, 1.54) is 0 Å². The standard InChI is InChI=1S/C19H20N4O3/c1-22(8-7-17-25-9-10-26-17)19(24)14-11-16-18(20-12-14)23(13-21-16)15-5-3-2-4-6-15/h2-6,11-13,17H,7-10H2,1H3. The van der Waals surface area contributed by atoms with Gasteiger partial charge >= 0.3 is 0 Å². The van der Waals surface area contributed by atoms with Crippen LogP contribution in [0, 0.1) is 0 Å². The number of nitrogens with zero attached hydrogens (tertiary/aromatic N) is 4. The summed E-state index contributed by atoms with van der Waals surface area (Å²) in [6.45, 7) is 1.79. The predicted octanol–water partition coefficient (Wildman–Crippen LogP) is 2.26. The number of carbonyl (C=O) groups excluding carboxylic acids is 1. The minimum absolute atomic E-state index is 0.0911. The summed E-state index contributed by atoms with van der Waals surface area (Å²) in [7, 11) is 1.77. The van der Waals surface area contributed by atoms with Crippen LogP contribution in [0.3, 0.4) is 0 Å². The zero-order valence-corrected chi connectivity index (χ0v) is 14.5. The van der Waals surface area contributed by atoms with Gasteiger partial charge in [0.1, 0.15) is 11.8 Å². The summed E-state index contributed by atoms with van der Waals surface area (Å²) < 4.78 is 12.7. The summed E-state index contributed by atoms with van der Waals surface area (Å²) in [6.07, 6.45) is 3.76. The summed E-state index contributed by atoms with van der Waals surface area (Å²) in [5.74, 6) is -0.0911. The van der Waals surface area contributed by atoms with Gasteiger partial charge in [0.15, 0.2) is 11.9 Å². The van der Waals surface area contributed by atoms with Crippen LogP contribution in [0.2, 0.25) is 0 Å². The molecule has 1 aromatic carbocycles. The van der Waals surface area contributed by atoms with E-state index < -0.39 is 0 Å². The van der Waals surface area contributed by atoms with Gasteiger partial charge in [0.25, 0.3) is 5.91 Å². The molecule has 0 spiro atoms. The predicted molar refractivity (Wildman–Crippen MR) is 96.1 cm³/mol. The highest BCUT2D eigenvalue weighted by atomic mass is 16.7. The molecule has 1 saturated heterocycles. The highest BCUT2D eigenvalue weighted by Gasteiger charge is 2.19. The number of rotatable bonds is 5. The summed E-state index contributed by atoms with van der Waals surface area (Å²) in [6, 6.07) is 11.6. The molecule has 2 aromatic heterocycles. The first-order chi connectivity index (χ1) is 12.7. The molecule has 4 rings (SSSR count). The van der Waals surface area contributed by atoms with E-state index in [4.69, 9.17) is 9.47 Å². The molecule has 3 aromatic rings. The second kappa shape index (κ2) is 7.23. The lowest BCUT2D eigenvalue weighted by molar-refractivity contribution is -0.0494. The van der Waals surface area contributed by atoms with Gasteiger partial charge in [0, 0.05) is 31.9 Å². The van der Waals surface area contributed by atoms with Crippen LogP contribution in [-0.2, 0) is 9.47 Å². The maximum atomic E-state index is 12.6. The Bertz CT molecular complexity index is 904. The van der Waals surface area contributed by atoms with E-state index in [1.807, 2.05) is 34.9 Å². The van der Waals surface area contributed by atoms with Crippen LogP contribution in [0.15, 0.2) is 48.9 Å². The highest BCUT2D eigenvalue weighted by Crippen LogP contribution is 2.18. The monoisotopic (exact) mass is 352 g/mol. The van der Waals surface area contributed by atoms with Crippen LogP contribution in [0.5, 0.6) is 0 Å². The van der Waals surface area contributed by atoms with Gasteiger partial charge in [-0.05, 0) is 18.2 Å². The van der Waals surface area contributed by atoms with E-state index in [0.717, 1.165) is 11.3 Å². The van der Waals surface area contributed by atoms with Crippen molar-refractivity contribution in [2.24, 2.45) is 0 Å². The van der Waals surface area contributed by atoms with Crippen molar-refractivity contribution in [2.75, 3.05) is 26.8 Å². The molecule has 0 N–H and O–H groups in total. The molecule has 0 atom stereocenters. The number of amides is 1. The van der Waals surface area contributed by atoms with Crippen LogP contribution >= 0.6 is 0 Å². The molecule has 134 valence electrons. The van der Waals surface area contributed by atoms with Crippen molar-refractivity contribution in [1.29, 1.82) is 0 Å². The van der Waals surface area contributed by atoms with Gasteiger partial charge in [-0.15, -0.1) is 0 Å². The number of pyridine rings is 1. The molecular weight excluding hydrogens is 332 g/mol. The normalized spacial score (nSPS) is 14.8. The fourth-order valence-corrected chi connectivity index (χ4v) is 2.99. The van der Waals surface area contributed by atoms with Gasteiger partial charge in [-0.1, -0.05) is 18.2 Å². The number of hydrogen-bond acceptors (Lipinski definition) is 5. The third kappa shape index (κ3) is 3.31. The second-order valence-electron chi connectivity index (χ2n) is 6.20. The zero-order valence-electron chi connectivity index (χ0n) is 14.5. The first-order valence-corrected chi connectivity index (χ1v) is 8.59. The van der Waals surface area contributed by atoms with Crippen LogP contribution in [0.1, 0.15) is 16.8 Å². The SMILES string of the molecule is CN(CCC1OCCO1)C(=O)c1cnc2c(c1)ncn2-c1ccccc1. The van der Waals surface area contributed by atoms with Crippen molar-refractivity contribution < 1.29 is 14.3 Å². The Balaban J connectivity index is 1.51. The van der Waals surface area contributed by atoms with Crippen molar-refractivity contribution in [3.8, 4) is 5.69 Å². The largest absolute Gasteiger partial charge is 0.350 e. The lowest BCUT2D eigenvalue weighted by Crippen LogP contribution is -2.30. The third-order valence-electron chi connectivity index (χ3n) is 4.41. The van der Waals surface area contributed by atoms with E-state index in [-0.39, 0.29) is 12.2 Å². The van der Waals surface area contributed by atoms with Crippen LogP contribution in [0.25, 0.3) is 16.9 Å². The molecule has 1 aliphatic rings. The maximum Gasteiger partial charge on any atom is 0.255 e. The Hall–Kier alpha value is -2.77. The lowest BCUT2D eigenvalue weighted by atomic mass is 10.2. The second-order valence-corrected chi connectivity index (χ2v) is 6.20. The summed E-state index contributed by atoms with van der Waals surface area (Å²) in [5, 5.41) is 0. The molecule has 0 aliphatic carbocycles. The maximum absolute atomic E-state index is 12.6. The third-order valence-corrected chi connectivity index (χ3v) is 4.41. The molecular formula is C19H20N4O3. The summed E-state index contributed by atoms with van der Waals surface area (Å²) in [4.78, 5) is 23.2. The minimum atomic E-state index is -0.215. The molecule has 0 unspecified atom stereocenters. The van der Waals surface area contributed by atoms with Gasteiger partial charge < -0.3 is 14.4 Å². The molecule has 26 heavy (non-hydrogen) atoms. The number of carbonyl (C=O) groups is 1. The number of aromatic nitrogens is 3. The Morgan fingerprint density at radius 1 is 1.23 bits per heavy atom. The first kappa shape index (κ1) is 16.7. The van der Waals surface area contributed by atoms with Crippen molar-refractivity contribution >= 4 is 17.1 Å². The molecule has 1 amide bonds. The highest BCUT2D eigenvalue weighted by molar-refractivity contribution is 5.96. The average Bonchev–Trinajstić information content (AvgIpc) is 3.35. The number of imidazole rings is 1. The first-order valence-electron chi connectivity index (χ1n) is 8.59. The zero-order chi connectivity index (χ0) is 17.9. The Morgan fingerprint density at radius 2 is 2.00 bits per heavy atom. The summed E-state index contributed by atoms with van der Waals surface area (Å²) >= 11 is 0. The molecule has 7 heteroatoms. The van der Waals surface area contributed by atoms with Gasteiger partial charge in [0.05, 0.1) is 18.8 Å². The van der Waals surface area contributed by atoms with Gasteiger partial charge in [0.2, 0.25) is 0 Å². The molecule has 0 saturated carbocycles. The van der Waals surface area contributed by atoms with E-state index in [0.29, 0.717) is 37.3 Å². The smallest absolute Gasteiger partial charge is 0.255 e. The van der Waals surface area contributed by atoms with Crippen LogP contribution in [-0.4, -0.2) is 58.4 Å². The lowest BCUT2D eigenvalue weighted by Gasteiger charge is -2.18. The molecule has 1 fully saturated rings. The van der Waals surface area contributed by atoms with E-state index in [2.05, 4.69) is 9.97 Å². The fourth-order valence-electron chi connectivity index (χ4n) is 2.99. The Kier molecular flexibility index (Phi) is 4.64. The van der Waals surface area contributed by atoms with Crippen LogP contribution in [0.4, 0.5) is 0 Å². The number of para-hydroxylation sites is 1. The van der Waals surface area contributed by atoms with E-state index in [1.54, 1.807) is 30.5 Å². The topological polar surface area (TPSA) is 69.5 Å². The fraction of sp³-hybridized carbons (Fsp3) is 0.316. The van der Waals surface area contributed by atoms with E-state index in [9.17, 15) is 4.79 Å². The molecule has 0 bridgehead atoms. The molecule has 3 heterocycles. The van der Waals surface area contributed by atoms with Crippen molar-refractivity contribution in [3.63, 3.8) is 0 Å². The van der Waals surface area contributed by atoms with Gasteiger partial charge in [-0.3, -0.25) is 9.36 Å². The molecule has 1 aliphatic heterocycles. The van der Waals surface area contributed by atoms with Gasteiger partial charge in [-0.2, -0.15) is 0 Å². The van der Waals surface area contributed by atoms with E-state index >= 15 is 0 Å². The summed E-state index contributed by atoms with van der Waals surface area (Å²) in [5.41, 5.74) is 2.92. The minimum Gasteiger partial charge on any atom is -0.350 e. The quantitative estimate of drug-likeness (QED) is 0.704. The van der Waals surface area contributed by atoms with Crippen molar-refractivity contribution in [1.82, 2.24) is 19.4 Å².